The number of aromatic nitrogens is 1. The molecule has 1 amide bonds. The fourth-order valence-corrected chi connectivity index (χ4v) is 1.73. The second-order valence-electron chi connectivity index (χ2n) is 4.45. The number of rotatable bonds is 3. The summed E-state index contributed by atoms with van der Waals surface area (Å²) in [6.45, 7) is 1.87. The van der Waals surface area contributed by atoms with Gasteiger partial charge in [0.2, 0.25) is 5.91 Å². The lowest BCUT2D eigenvalue weighted by atomic mass is 10.1. The molecule has 3 N–H and O–H groups in total. The van der Waals surface area contributed by atoms with Gasteiger partial charge in [0.05, 0.1) is 29.9 Å². The molecule has 1 heterocycles. The van der Waals surface area contributed by atoms with Crippen LogP contribution >= 0.6 is 0 Å². The van der Waals surface area contributed by atoms with Crippen molar-refractivity contribution in [3.05, 3.63) is 53.3 Å². The van der Waals surface area contributed by atoms with Crippen LogP contribution in [-0.2, 0) is 11.2 Å². The molecular formula is C15H14N4O. The first-order valence-corrected chi connectivity index (χ1v) is 6.09. The first-order chi connectivity index (χ1) is 9.58. The number of hydrogen-bond donors (Lipinski definition) is 2. The maximum Gasteiger partial charge on any atom is 0.230 e. The minimum absolute atomic E-state index is 0.163. The van der Waals surface area contributed by atoms with E-state index >= 15 is 0 Å². The Balaban J connectivity index is 2.08. The van der Waals surface area contributed by atoms with Gasteiger partial charge in [-0.25, -0.2) is 0 Å². The summed E-state index contributed by atoms with van der Waals surface area (Å²) in [5.41, 5.74) is 8.80. The number of nitrogens with one attached hydrogen (secondary N) is 1. The first-order valence-electron chi connectivity index (χ1n) is 6.09. The summed E-state index contributed by atoms with van der Waals surface area (Å²) in [6.07, 6.45) is 1.68. The number of benzene rings is 1. The van der Waals surface area contributed by atoms with Crippen molar-refractivity contribution in [2.75, 3.05) is 11.1 Å². The molecule has 0 atom stereocenters. The van der Waals surface area contributed by atoms with Crippen molar-refractivity contribution in [2.24, 2.45) is 0 Å². The maximum absolute atomic E-state index is 12.0. The third-order valence-electron chi connectivity index (χ3n) is 2.83. The molecule has 5 nitrogen and oxygen atoms in total. The fourth-order valence-electron chi connectivity index (χ4n) is 1.73. The highest BCUT2D eigenvalue weighted by Gasteiger charge is 2.07. The Kier molecular flexibility index (Phi) is 3.96. The van der Waals surface area contributed by atoms with Crippen molar-refractivity contribution in [2.45, 2.75) is 13.3 Å². The van der Waals surface area contributed by atoms with Crippen molar-refractivity contribution in [3.8, 4) is 6.07 Å². The van der Waals surface area contributed by atoms with Crippen LogP contribution in [0.5, 0.6) is 0 Å². The molecule has 0 aliphatic carbocycles. The average molecular weight is 266 g/mol. The predicted octanol–water partition coefficient (Wildman–Crippen LogP) is 2.03. The van der Waals surface area contributed by atoms with Gasteiger partial charge in [-0.05, 0) is 36.8 Å². The normalized spacial score (nSPS) is 9.80. The van der Waals surface area contributed by atoms with Gasteiger partial charge in [-0.15, -0.1) is 0 Å². The molecule has 0 aliphatic heterocycles. The van der Waals surface area contributed by atoms with Gasteiger partial charge in [-0.2, -0.15) is 5.26 Å². The van der Waals surface area contributed by atoms with Crippen LogP contribution in [0, 0.1) is 18.3 Å². The molecule has 0 spiro atoms. The van der Waals surface area contributed by atoms with Crippen LogP contribution < -0.4 is 11.1 Å². The second kappa shape index (κ2) is 5.85. The zero-order chi connectivity index (χ0) is 14.5. The smallest absolute Gasteiger partial charge is 0.230 e. The number of aryl methyl sites for hydroxylation is 1. The highest BCUT2D eigenvalue weighted by Crippen LogP contribution is 2.16. The standard InChI is InChI=1S/C15H14N4O/c1-10-2-3-11(8-16)6-14(10)19-15(20)7-13-5-4-12(17)9-18-13/h2-6,9H,7,17H2,1H3,(H,19,20). The summed E-state index contributed by atoms with van der Waals surface area (Å²) in [5.74, 6) is -0.180. The number of pyridine rings is 1. The number of carbonyl (C=O) groups is 1. The molecule has 0 saturated heterocycles. The van der Waals surface area contributed by atoms with E-state index in [1.54, 1.807) is 30.3 Å². The summed E-state index contributed by atoms with van der Waals surface area (Å²) < 4.78 is 0. The minimum atomic E-state index is -0.180. The largest absolute Gasteiger partial charge is 0.397 e. The number of hydrogen-bond acceptors (Lipinski definition) is 4. The topological polar surface area (TPSA) is 91.8 Å². The lowest BCUT2D eigenvalue weighted by Gasteiger charge is -2.08. The summed E-state index contributed by atoms with van der Waals surface area (Å²) in [5, 5.41) is 11.7. The van der Waals surface area contributed by atoms with Crippen molar-refractivity contribution in [1.82, 2.24) is 4.98 Å². The Bertz CT molecular complexity index is 671. The Morgan fingerprint density at radius 1 is 1.40 bits per heavy atom. The highest BCUT2D eigenvalue weighted by molar-refractivity contribution is 5.92. The van der Waals surface area contributed by atoms with E-state index in [4.69, 9.17) is 11.0 Å². The zero-order valence-electron chi connectivity index (χ0n) is 11.1. The van der Waals surface area contributed by atoms with Crippen LogP contribution in [0.15, 0.2) is 36.5 Å². The van der Waals surface area contributed by atoms with Crippen molar-refractivity contribution >= 4 is 17.3 Å². The summed E-state index contributed by atoms with van der Waals surface area (Å²) in [4.78, 5) is 16.0. The molecule has 20 heavy (non-hydrogen) atoms. The van der Waals surface area contributed by atoms with E-state index < -0.39 is 0 Å². The van der Waals surface area contributed by atoms with Crippen LogP contribution in [0.25, 0.3) is 0 Å². The van der Waals surface area contributed by atoms with Gasteiger partial charge in [0.25, 0.3) is 0 Å². The Morgan fingerprint density at radius 2 is 2.20 bits per heavy atom. The lowest BCUT2D eigenvalue weighted by molar-refractivity contribution is -0.115. The quantitative estimate of drug-likeness (QED) is 0.889. The van der Waals surface area contributed by atoms with E-state index in [0.29, 0.717) is 22.6 Å². The van der Waals surface area contributed by atoms with Crippen LogP contribution in [-0.4, -0.2) is 10.9 Å². The Labute approximate surface area is 117 Å². The molecule has 5 heteroatoms. The third kappa shape index (κ3) is 3.33. The van der Waals surface area contributed by atoms with E-state index in [0.717, 1.165) is 5.56 Å². The molecular weight excluding hydrogens is 252 g/mol. The first kappa shape index (κ1) is 13.6. The maximum atomic E-state index is 12.0. The van der Waals surface area contributed by atoms with Crippen molar-refractivity contribution in [1.29, 1.82) is 5.26 Å². The number of nitriles is 1. The predicted molar refractivity (Wildman–Crippen MR) is 76.9 cm³/mol. The molecule has 2 aromatic rings. The van der Waals surface area contributed by atoms with Crippen LogP contribution in [0.1, 0.15) is 16.8 Å². The second-order valence-corrected chi connectivity index (χ2v) is 4.45. The number of nitrogen functional groups attached to an aromatic ring is 1. The van der Waals surface area contributed by atoms with E-state index in [-0.39, 0.29) is 12.3 Å². The highest BCUT2D eigenvalue weighted by atomic mass is 16.1. The van der Waals surface area contributed by atoms with Gasteiger partial charge in [-0.3, -0.25) is 9.78 Å². The molecule has 1 aromatic carbocycles. The van der Waals surface area contributed by atoms with Crippen LogP contribution in [0.4, 0.5) is 11.4 Å². The van der Waals surface area contributed by atoms with E-state index in [9.17, 15) is 4.79 Å². The van der Waals surface area contributed by atoms with Gasteiger partial charge < -0.3 is 11.1 Å². The molecule has 0 fully saturated rings. The molecule has 0 unspecified atom stereocenters. The van der Waals surface area contributed by atoms with Gasteiger partial charge in [0, 0.05) is 11.4 Å². The van der Waals surface area contributed by atoms with Crippen LogP contribution in [0.2, 0.25) is 0 Å². The molecule has 1 aromatic heterocycles. The Hall–Kier alpha value is -2.87. The summed E-state index contributed by atoms with van der Waals surface area (Å²) in [6, 6.07) is 10.6. The minimum Gasteiger partial charge on any atom is -0.397 e. The number of nitrogens with two attached hydrogens (primary N) is 1. The van der Waals surface area contributed by atoms with Gasteiger partial charge in [0.15, 0.2) is 0 Å². The monoisotopic (exact) mass is 266 g/mol. The SMILES string of the molecule is Cc1ccc(C#N)cc1NC(=O)Cc1ccc(N)cn1. The summed E-state index contributed by atoms with van der Waals surface area (Å²) >= 11 is 0. The molecule has 2 rings (SSSR count). The fraction of sp³-hybridized carbons (Fsp3) is 0.133. The molecule has 0 saturated carbocycles. The molecule has 0 bridgehead atoms. The molecule has 100 valence electrons. The van der Waals surface area contributed by atoms with Gasteiger partial charge in [0.1, 0.15) is 0 Å². The zero-order valence-corrected chi connectivity index (χ0v) is 11.1. The van der Waals surface area contributed by atoms with E-state index in [2.05, 4.69) is 10.3 Å². The van der Waals surface area contributed by atoms with Gasteiger partial charge in [-0.1, -0.05) is 6.07 Å². The van der Waals surface area contributed by atoms with Crippen molar-refractivity contribution in [3.63, 3.8) is 0 Å². The van der Waals surface area contributed by atoms with Crippen LogP contribution in [0.3, 0.4) is 0 Å². The summed E-state index contributed by atoms with van der Waals surface area (Å²) in [7, 11) is 0. The number of anilines is 2. The molecule has 0 aliphatic rings. The van der Waals surface area contributed by atoms with E-state index in [1.807, 2.05) is 13.0 Å². The lowest BCUT2D eigenvalue weighted by Crippen LogP contribution is -2.16. The number of carbonyl (C=O) groups excluding carboxylic acids is 1. The molecule has 0 radical (unpaired) electrons. The third-order valence-corrected chi connectivity index (χ3v) is 2.83. The van der Waals surface area contributed by atoms with E-state index in [1.165, 1.54) is 6.20 Å². The van der Waals surface area contributed by atoms with Gasteiger partial charge >= 0.3 is 0 Å². The Morgan fingerprint density at radius 3 is 2.85 bits per heavy atom. The average Bonchev–Trinajstić information content (AvgIpc) is 2.44. The number of nitrogens with zero attached hydrogens (tertiary/aromatic N) is 2. The number of amides is 1. The van der Waals surface area contributed by atoms with Crippen molar-refractivity contribution < 1.29 is 4.79 Å².